The summed E-state index contributed by atoms with van der Waals surface area (Å²) >= 11 is 13.1. The van der Waals surface area contributed by atoms with Crippen LogP contribution in [0.1, 0.15) is 21.6 Å². The lowest BCUT2D eigenvalue weighted by atomic mass is 10.2. The van der Waals surface area contributed by atoms with Crippen LogP contribution < -0.4 is 5.32 Å². The van der Waals surface area contributed by atoms with E-state index in [4.69, 9.17) is 23.2 Å². The molecular formula is C19H14Cl2N6OS. The summed E-state index contributed by atoms with van der Waals surface area (Å²) in [5, 5.41) is 12.7. The number of anilines is 1. The number of aryl methyl sites for hydroxylation is 1. The van der Waals surface area contributed by atoms with Crippen LogP contribution in [-0.4, -0.2) is 30.3 Å². The first kappa shape index (κ1) is 19.5. The van der Waals surface area contributed by atoms with E-state index in [1.807, 2.05) is 32.0 Å². The van der Waals surface area contributed by atoms with E-state index in [2.05, 4.69) is 25.0 Å². The molecule has 0 unspecified atom stereocenters. The Morgan fingerprint density at radius 1 is 1.10 bits per heavy atom. The number of amides is 1. The predicted molar refractivity (Wildman–Crippen MR) is 114 cm³/mol. The number of benzene rings is 2. The molecule has 1 amide bonds. The monoisotopic (exact) mass is 444 g/mol. The largest absolute Gasteiger partial charge is 0.297 e. The van der Waals surface area contributed by atoms with Gasteiger partial charge in [0.25, 0.3) is 5.91 Å². The fraction of sp³-hybridized carbons (Fsp3) is 0.105. The van der Waals surface area contributed by atoms with Gasteiger partial charge in [0.1, 0.15) is 0 Å². The van der Waals surface area contributed by atoms with Gasteiger partial charge in [-0.2, -0.15) is 9.36 Å². The van der Waals surface area contributed by atoms with Gasteiger partial charge < -0.3 is 0 Å². The minimum atomic E-state index is -0.293. The maximum absolute atomic E-state index is 12.3. The van der Waals surface area contributed by atoms with Crippen molar-refractivity contribution in [2.45, 2.75) is 13.8 Å². The standard InChI is InChI=1S/C19H14Cl2N6OS/c1-10-3-8-14(9-15(10)21)27-11(2)16(24-26-27)17-22-19(29-25-17)23-18(28)12-4-6-13(20)7-5-12/h3-9H,1-2H3,(H,22,23,25,28). The molecule has 0 saturated carbocycles. The summed E-state index contributed by atoms with van der Waals surface area (Å²) in [7, 11) is 0. The Hall–Kier alpha value is -2.81. The average molecular weight is 445 g/mol. The molecule has 4 aromatic rings. The molecule has 146 valence electrons. The molecular weight excluding hydrogens is 431 g/mol. The van der Waals surface area contributed by atoms with Crippen LogP contribution in [0.4, 0.5) is 5.13 Å². The minimum Gasteiger partial charge on any atom is -0.297 e. The topological polar surface area (TPSA) is 85.6 Å². The van der Waals surface area contributed by atoms with E-state index in [9.17, 15) is 4.79 Å². The van der Waals surface area contributed by atoms with Gasteiger partial charge in [0.15, 0.2) is 11.5 Å². The zero-order valence-electron chi connectivity index (χ0n) is 15.3. The van der Waals surface area contributed by atoms with Crippen molar-refractivity contribution in [2.24, 2.45) is 0 Å². The van der Waals surface area contributed by atoms with E-state index >= 15 is 0 Å². The number of nitrogens with one attached hydrogen (secondary N) is 1. The maximum atomic E-state index is 12.3. The van der Waals surface area contributed by atoms with E-state index < -0.39 is 0 Å². The second-order valence-electron chi connectivity index (χ2n) is 6.25. The van der Waals surface area contributed by atoms with Crippen LogP contribution >= 0.6 is 34.7 Å². The third-order valence-corrected chi connectivity index (χ3v) is 5.55. The van der Waals surface area contributed by atoms with Gasteiger partial charge in [0.05, 0.1) is 11.4 Å². The van der Waals surface area contributed by atoms with Crippen molar-refractivity contribution in [1.29, 1.82) is 0 Å². The van der Waals surface area contributed by atoms with Crippen molar-refractivity contribution in [3.05, 3.63) is 69.3 Å². The Morgan fingerprint density at radius 3 is 2.59 bits per heavy atom. The Labute approximate surface area is 180 Å². The highest BCUT2D eigenvalue weighted by Gasteiger charge is 2.18. The Kier molecular flexibility index (Phi) is 5.31. The van der Waals surface area contributed by atoms with Crippen LogP contribution in [-0.2, 0) is 0 Å². The predicted octanol–water partition coefficient (Wildman–Crippen LogP) is 4.96. The summed E-state index contributed by atoms with van der Waals surface area (Å²) in [5.74, 6) is 0.0994. The first-order valence-electron chi connectivity index (χ1n) is 8.52. The minimum absolute atomic E-state index is 0.293. The third-order valence-electron chi connectivity index (χ3n) is 4.26. The molecule has 2 aromatic carbocycles. The molecule has 2 aromatic heterocycles. The fourth-order valence-corrected chi connectivity index (χ4v) is 3.50. The summed E-state index contributed by atoms with van der Waals surface area (Å²) in [4.78, 5) is 16.7. The van der Waals surface area contributed by atoms with Gasteiger partial charge in [-0.3, -0.25) is 10.1 Å². The van der Waals surface area contributed by atoms with Crippen molar-refractivity contribution >= 4 is 45.8 Å². The molecule has 0 aliphatic heterocycles. The number of halogens is 2. The van der Waals surface area contributed by atoms with Gasteiger partial charge in [-0.15, -0.1) is 5.10 Å². The second kappa shape index (κ2) is 7.90. The lowest BCUT2D eigenvalue weighted by Crippen LogP contribution is -2.11. The summed E-state index contributed by atoms with van der Waals surface area (Å²) in [6.45, 7) is 3.81. The number of carbonyl (C=O) groups excluding carboxylic acids is 1. The molecule has 10 heteroatoms. The van der Waals surface area contributed by atoms with Gasteiger partial charge in [-0.1, -0.05) is 34.5 Å². The summed E-state index contributed by atoms with van der Waals surface area (Å²) in [5.41, 5.74) is 3.55. The molecule has 0 spiro atoms. The molecule has 0 aliphatic rings. The van der Waals surface area contributed by atoms with Gasteiger partial charge in [-0.25, -0.2) is 4.68 Å². The average Bonchev–Trinajstić information content (AvgIpc) is 3.31. The van der Waals surface area contributed by atoms with Gasteiger partial charge in [-0.05, 0) is 55.8 Å². The molecule has 7 nitrogen and oxygen atoms in total. The number of hydrogen-bond acceptors (Lipinski definition) is 6. The van der Waals surface area contributed by atoms with Crippen molar-refractivity contribution in [2.75, 3.05) is 5.32 Å². The number of nitrogens with zero attached hydrogens (tertiary/aromatic N) is 5. The molecule has 0 atom stereocenters. The molecule has 0 saturated heterocycles. The zero-order chi connectivity index (χ0) is 20.5. The van der Waals surface area contributed by atoms with E-state index in [1.54, 1.807) is 28.9 Å². The van der Waals surface area contributed by atoms with Crippen molar-refractivity contribution in [1.82, 2.24) is 24.4 Å². The molecule has 2 heterocycles. The van der Waals surface area contributed by atoms with Crippen molar-refractivity contribution in [3.8, 4) is 17.2 Å². The third kappa shape index (κ3) is 4.00. The fourth-order valence-electron chi connectivity index (χ4n) is 2.64. The molecule has 0 radical (unpaired) electrons. The van der Waals surface area contributed by atoms with Crippen LogP contribution in [0.2, 0.25) is 10.0 Å². The summed E-state index contributed by atoms with van der Waals surface area (Å²) < 4.78 is 5.97. The number of rotatable bonds is 4. The van der Waals surface area contributed by atoms with E-state index in [0.29, 0.717) is 32.3 Å². The summed E-state index contributed by atoms with van der Waals surface area (Å²) in [6.07, 6.45) is 0. The van der Waals surface area contributed by atoms with Gasteiger partial charge in [0, 0.05) is 27.1 Å². The Balaban J connectivity index is 1.57. The van der Waals surface area contributed by atoms with Crippen molar-refractivity contribution < 1.29 is 4.79 Å². The van der Waals surface area contributed by atoms with E-state index in [1.165, 1.54) is 0 Å². The van der Waals surface area contributed by atoms with Crippen LogP contribution in [0.5, 0.6) is 0 Å². The molecule has 0 fully saturated rings. The van der Waals surface area contributed by atoms with Crippen LogP contribution in [0.25, 0.3) is 17.2 Å². The quantitative estimate of drug-likeness (QED) is 0.480. The first-order chi connectivity index (χ1) is 13.9. The Morgan fingerprint density at radius 2 is 1.86 bits per heavy atom. The molecule has 29 heavy (non-hydrogen) atoms. The lowest BCUT2D eigenvalue weighted by Gasteiger charge is -2.05. The Bertz CT molecular complexity index is 1200. The van der Waals surface area contributed by atoms with Gasteiger partial charge in [0.2, 0.25) is 5.13 Å². The van der Waals surface area contributed by atoms with Crippen molar-refractivity contribution in [3.63, 3.8) is 0 Å². The van der Waals surface area contributed by atoms with Gasteiger partial charge >= 0.3 is 0 Å². The van der Waals surface area contributed by atoms with Crippen LogP contribution in [0.15, 0.2) is 42.5 Å². The van der Waals surface area contributed by atoms with Crippen LogP contribution in [0, 0.1) is 13.8 Å². The number of hydrogen-bond donors (Lipinski definition) is 1. The highest BCUT2D eigenvalue weighted by molar-refractivity contribution is 7.10. The zero-order valence-corrected chi connectivity index (χ0v) is 17.7. The van der Waals surface area contributed by atoms with E-state index in [0.717, 1.165) is 28.5 Å². The number of carbonyl (C=O) groups is 1. The first-order valence-corrected chi connectivity index (χ1v) is 10.0. The SMILES string of the molecule is Cc1ccc(-n2nnc(-c3nsc(NC(=O)c4ccc(Cl)cc4)n3)c2C)cc1Cl. The van der Waals surface area contributed by atoms with Crippen LogP contribution in [0.3, 0.4) is 0 Å². The lowest BCUT2D eigenvalue weighted by molar-refractivity contribution is 0.102. The molecule has 1 N–H and O–H groups in total. The molecule has 0 aliphatic carbocycles. The second-order valence-corrected chi connectivity index (χ2v) is 7.85. The smallest absolute Gasteiger partial charge is 0.257 e. The number of aromatic nitrogens is 5. The normalized spacial score (nSPS) is 10.9. The van der Waals surface area contributed by atoms with E-state index in [-0.39, 0.29) is 5.91 Å². The highest BCUT2D eigenvalue weighted by atomic mass is 35.5. The summed E-state index contributed by atoms with van der Waals surface area (Å²) in [6, 6.07) is 12.3. The molecule has 4 rings (SSSR count). The molecule has 0 bridgehead atoms. The maximum Gasteiger partial charge on any atom is 0.257 e. The highest BCUT2D eigenvalue weighted by Crippen LogP contribution is 2.26.